The predicted octanol–water partition coefficient (Wildman–Crippen LogP) is 1.58. The molecule has 22 heavy (non-hydrogen) atoms. The molecular formula is C16H25ClFN3O. The van der Waals surface area contributed by atoms with E-state index in [-0.39, 0.29) is 24.1 Å². The number of halogens is 2. The van der Waals surface area contributed by atoms with E-state index in [2.05, 4.69) is 17.1 Å². The molecule has 1 amide bonds. The molecule has 1 aromatic carbocycles. The largest absolute Gasteiger partial charge is 0.355 e. The van der Waals surface area contributed by atoms with Crippen LogP contribution in [0.4, 0.5) is 4.39 Å². The summed E-state index contributed by atoms with van der Waals surface area (Å²) in [5, 5.41) is 2.92. The first-order valence-electron chi connectivity index (χ1n) is 7.53. The Morgan fingerprint density at radius 2 is 2.09 bits per heavy atom. The van der Waals surface area contributed by atoms with Crippen molar-refractivity contribution in [3.8, 4) is 0 Å². The second kappa shape index (κ2) is 9.08. The first-order chi connectivity index (χ1) is 10.1. The van der Waals surface area contributed by atoms with Gasteiger partial charge in [0.2, 0.25) is 5.91 Å². The smallest absolute Gasteiger partial charge is 0.234 e. The van der Waals surface area contributed by atoms with Crippen molar-refractivity contribution in [1.82, 2.24) is 10.2 Å². The molecule has 1 aliphatic rings. The summed E-state index contributed by atoms with van der Waals surface area (Å²) in [5.41, 5.74) is 6.71. The van der Waals surface area contributed by atoms with E-state index in [1.54, 1.807) is 12.1 Å². The maximum absolute atomic E-state index is 12.8. The lowest BCUT2D eigenvalue weighted by Crippen LogP contribution is -2.39. The Bertz CT molecular complexity index is 469. The zero-order chi connectivity index (χ0) is 15.2. The molecule has 1 saturated heterocycles. The van der Waals surface area contributed by atoms with E-state index in [1.807, 2.05) is 0 Å². The second-order valence-corrected chi connectivity index (χ2v) is 5.84. The van der Waals surface area contributed by atoms with Crippen molar-refractivity contribution in [2.75, 3.05) is 26.2 Å². The zero-order valence-corrected chi connectivity index (χ0v) is 13.7. The number of hydrogen-bond acceptors (Lipinski definition) is 3. The molecule has 6 heteroatoms. The van der Waals surface area contributed by atoms with Crippen molar-refractivity contribution in [3.05, 3.63) is 35.6 Å². The Labute approximate surface area is 137 Å². The van der Waals surface area contributed by atoms with Crippen LogP contribution >= 0.6 is 12.4 Å². The molecule has 2 rings (SSSR count). The Balaban J connectivity index is 0.00000242. The topological polar surface area (TPSA) is 58.4 Å². The van der Waals surface area contributed by atoms with Crippen molar-refractivity contribution in [3.63, 3.8) is 0 Å². The van der Waals surface area contributed by atoms with E-state index in [0.29, 0.717) is 38.0 Å². The van der Waals surface area contributed by atoms with Gasteiger partial charge in [0.1, 0.15) is 5.82 Å². The van der Waals surface area contributed by atoms with Gasteiger partial charge in [0, 0.05) is 19.1 Å². The second-order valence-electron chi connectivity index (χ2n) is 5.84. The number of nitrogens with zero attached hydrogens (tertiary/aromatic N) is 1. The van der Waals surface area contributed by atoms with Gasteiger partial charge in [0.05, 0.1) is 6.54 Å². The standard InChI is InChI=1S/C16H24FN3O.ClH/c1-12-8-14(9-18)10-20(12)11-16(21)19-7-6-13-2-4-15(17)5-3-13;/h2-5,12,14H,6-11,18H2,1H3,(H,19,21);1H. The van der Waals surface area contributed by atoms with Crippen LogP contribution in [0.3, 0.4) is 0 Å². The number of carbonyl (C=O) groups is 1. The van der Waals surface area contributed by atoms with Crippen LogP contribution in [0.5, 0.6) is 0 Å². The van der Waals surface area contributed by atoms with Crippen LogP contribution < -0.4 is 11.1 Å². The highest BCUT2D eigenvalue weighted by atomic mass is 35.5. The molecule has 0 bridgehead atoms. The Kier molecular flexibility index (Phi) is 7.79. The normalized spacial score (nSPS) is 21.4. The molecule has 0 aliphatic carbocycles. The molecule has 124 valence electrons. The summed E-state index contributed by atoms with van der Waals surface area (Å²) in [7, 11) is 0. The lowest BCUT2D eigenvalue weighted by atomic mass is 10.1. The summed E-state index contributed by atoms with van der Waals surface area (Å²) >= 11 is 0. The van der Waals surface area contributed by atoms with Crippen LogP contribution in [0.1, 0.15) is 18.9 Å². The molecular weight excluding hydrogens is 305 g/mol. The molecule has 2 unspecified atom stereocenters. The number of likely N-dealkylation sites (tertiary alicyclic amines) is 1. The average molecular weight is 330 g/mol. The summed E-state index contributed by atoms with van der Waals surface area (Å²) in [5.74, 6) is 0.314. The minimum Gasteiger partial charge on any atom is -0.355 e. The number of carbonyl (C=O) groups excluding carboxylic acids is 1. The molecule has 2 atom stereocenters. The third-order valence-corrected chi connectivity index (χ3v) is 4.12. The minimum absolute atomic E-state index is 0. The van der Waals surface area contributed by atoms with Gasteiger partial charge < -0.3 is 11.1 Å². The number of amides is 1. The number of benzene rings is 1. The quantitative estimate of drug-likeness (QED) is 0.833. The molecule has 0 saturated carbocycles. The summed E-state index contributed by atoms with van der Waals surface area (Å²) in [4.78, 5) is 14.1. The molecule has 4 nitrogen and oxygen atoms in total. The SMILES string of the molecule is CC1CC(CN)CN1CC(=O)NCCc1ccc(F)cc1.Cl. The van der Waals surface area contributed by atoms with Crippen molar-refractivity contribution in [2.24, 2.45) is 11.7 Å². The Morgan fingerprint density at radius 1 is 1.41 bits per heavy atom. The predicted molar refractivity (Wildman–Crippen MR) is 88.6 cm³/mol. The van der Waals surface area contributed by atoms with Crippen LogP contribution in [-0.4, -0.2) is 43.0 Å². The monoisotopic (exact) mass is 329 g/mol. The van der Waals surface area contributed by atoms with Crippen molar-refractivity contribution in [2.45, 2.75) is 25.8 Å². The fraction of sp³-hybridized carbons (Fsp3) is 0.562. The molecule has 1 heterocycles. The van der Waals surface area contributed by atoms with E-state index < -0.39 is 0 Å². The summed E-state index contributed by atoms with van der Waals surface area (Å²) in [6.07, 6.45) is 1.78. The van der Waals surface area contributed by atoms with Gasteiger partial charge in [-0.1, -0.05) is 12.1 Å². The van der Waals surface area contributed by atoms with E-state index in [1.165, 1.54) is 12.1 Å². The number of nitrogens with two attached hydrogens (primary N) is 1. The van der Waals surface area contributed by atoms with Crippen LogP contribution in [0.15, 0.2) is 24.3 Å². The van der Waals surface area contributed by atoms with Gasteiger partial charge in [-0.05, 0) is 49.9 Å². The summed E-state index contributed by atoms with van der Waals surface area (Å²) in [6, 6.07) is 6.79. The Morgan fingerprint density at radius 3 is 2.68 bits per heavy atom. The molecule has 1 aromatic rings. The number of rotatable bonds is 6. The molecule has 0 aromatic heterocycles. The highest BCUT2D eigenvalue weighted by Crippen LogP contribution is 2.21. The van der Waals surface area contributed by atoms with E-state index in [4.69, 9.17) is 5.73 Å². The van der Waals surface area contributed by atoms with Crippen LogP contribution in [0, 0.1) is 11.7 Å². The van der Waals surface area contributed by atoms with Crippen molar-refractivity contribution < 1.29 is 9.18 Å². The first-order valence-corrected chi connectivity index (χ1v) is 7.53. The van der Waals surface area contributed by atoms with Gasteiger partial charge in [0.15, 0.2) is 0 Å². The first kappa shape index (κ1) is 18.9. The summed E-state index contributed by atoms with van der Waals surface area (Å²) in [6.45, 7) is 4.74. The molecule has 1 fully saturated rings. The number of hydrogen-bond donors (Lipinski definition) is 2. The lowest BCUT2D eigenvalue weighted by Gasteiger charge is -2.20. The highest BCUT2D eigenvalue weighted by Gasteiger charge is 2.29. The van der Waals surface area contributed by atoms with Gasteiger partial charge in [0.25, 0.3) is 0 Å². The van der Waals surface area contributed by atoms with Crippen LogP contribution in [0.25, 0.3) is 0 Å². The minimum atomic E-state index is -0.236. The molecule has 1 aliphatic heterocycles. The van der Waals surface area contributed by atoms with Crippen molar-refractivity contribution in [1.29, 1.82) is 0 Å². The van der Waals surface area contributed by atoms with Crippen molar-refractivity contribution >= 4 is 18.3 Å². The fourth-order valence-electron chi connectivity index (χ4n) is 2.85. The summed E-state index contributed by atoms with van der Waals surface area (Å²) < 4.78 is 12.8. The molecule has 3 N–H and O–H groups in total. The van der Waals surface area contributed by atoms with Gasteiger partial charge >= 0.3 is 0 Å². The lowest BCUT2D eigenvalue weighted by molar-refractivity contribution is -0.122. The van der Waals surface area contributed by atoms with Gasteiger partial charge in [-0.2, -0.15) is 0 Å². The van der Waals surface area contributed by atoms with E-state index >= 15 is 0 Å². The zero-order valence-electron chi connectivity index (χ0n) is 12.9. The Hall–Kier alpha value is -1.17. The molecule has 0 radical (unpaired) electrons. The van der Waals surface area contributed by atoms with Crippen LogP contribution in [0.2, 0.25) is 0 Å². The maximum Gasteiger partial charge on any atom is 0.234 e. The average Bonchev–Trinajstić information content (AvgIpc) is 2.81. The van der Waals surface area contributed by atoms with Gasteiger partial charge in [-0.15, -0.1) is 12.4 Å². The number of nitrogens with one attached hydrogen (secondary N) is 1. The van der Waals surface area contributed by atoms with Crippen LogP contribution in [-0.2, 0) is 11.2 Å². The highest BCUT2D eigenvalue weighted by molar-refractivity contribution is 5.85. The van der Waals surface area contributed by atoms with E-state index in [0.717, 1.165) is 18.5 Å². The fourth-order valence-corrected chi connectivity index (χ4v) is 2.85. The van der Waals surface area contributed by atoms with E-state index in [9.17, 15) is 9.18 Å². The van der Waals surface area contributed by atoms with Gasteiger partial charge in [-0.25, -0.2) is 4.39 Å². The third kappa shape index (κ3) is 5.55. The van der Waals surface area contributed by atoms with Gasteiger partial charge in [-0.3, -0.25) is 9.69 Å². The molecule has 0 spiro atoms. The maximum atomic E-state index is 12.8. The third-order valence-electron chi connectivity index (χ3n) is 4.12.